The Morgan fingerprint density at radius 1 is 1.07 bits per heavy atom. The molecule has 150 valence electrons. The van der Waals surface area contributed by atoms with Crippen LogP contribution in [0.3, 0.4) is 0 Å². The minimum absolute atomic E-state index is 0.0789. The monoisotopic (exact) mass is 422 g/mol. The maximum absolute atomic E-state index is 12.1. The molecule has 0 saturated carbocycles. The summed E-state index contributed by atoms with van der Waals surface area (Å²) < 4.78 is 5.58. The Hall–Kier alpha value is -2.24. The number of nitrogens with one attached hydrogen (secondary N) is 1. The first kappa shape index (κ1) is 22.1. The third-order valence-corrected chi connectivity index (χ3v) is 4.57. The number of rotatable bonds is 9. The highest BCUT2D eigenvalue weighted by molar-refractivity contribution is 6.35. The summed E-state index contributed by atoms with van der Waals surface area (Å²) >= 11 is 11.9. The van der Waals surface area contributed by atoms with Crippen molar-refractivity contribution in [1.29, 1.82) is 0 Å². The van der Waals surface area contributed by atoms with Gasteiger partial charge in [0.1, 0.15) is 5.75 Å². The summed E-state index contributed by atoms with van der Waals surface area (Å²) in [4.78, 5) is 25.4. The van der Waals surface area contributed by atoms with Crippen molar-refractivity contribution in [1.82, 2.24) is 4.90 Å². The quantitative estimate of drug-likeness (QED) is 0.589. The van der Waals surface area contributed by atoms with Crippen LogP contribution in [-0.2, 0) is 16.0 Å². The summed E-state index contributed by atoms with van der Waals surface area (Å²) in [5.74, 6) is 0.536. The summed E-state index contributed by atoms with van der Waals surface area (Å²) in [6.45, 7) is 0.376. The SMILES string of the molecule is CN(C)C(=O)CCc1cccc(NC(=O)CCCOc2ccc(Cl)cc2Cl)c1. The minimum Gasteiger partial charge on any atom is -0.492 e. The summed E-state index contributed by atoms with van der Waals surface area (Å²) in [6.07, 6.45) is 1.96. The maximum Gasteiger partial charge on any atom is 0.224 e. The number of anilines is 1. The van der Waals surface area contributed by atoms with Gasteiger partial charge in [0.2, 0.25) is 11.8 Å². The smallest absolute Gasteiger partial charge is 0.224 e. The molecule has 0 unspecified atom stereocenters. The number of nitrogens with zero attached hydrogens (tertiary/aromatic N) is 1. The van der Waals surface area contributed by atoms with E-state index < -0.39 is 0 Å². The van der Waals surface area contributed by atoms with E-state index in [0.717, 1.165) is 11.3 Å². The third-order valence-electron chi connectivity index (χ3n) is 4.04. The fourth-order valence-electron chi connectivity index (χ4n) is 2.51. The lowest BCUT2D eigenvalue weighted by molar-refractivity contribution is -0.128. The Morgan fingerprint density at radius 3 is 2.57 bits per heavy atom. The number of carbonyl (C=O) groups excluding carboxylic acids is 2. The van der Waals surface area contributed by atoms with Gasteiger partial charge in [0.05, 0.1) is 11.6 Å². The van der Waals surface area contributed by atoms with Crippen LogP contribution in [-0.4, -0.2) is 37.4 Å². The Kier molecular flexibility index (Phi) is 8.61. The van der Waals surface area contributed by atoms with E-state index in [-0.39, 0.29) is 11.8 Å². The molecule has 0 aliphatic rings. The molecule has 7 heteroatoms. The normalized spacial score (nSPS) is 10.4. The summed E-state index contributed by atoms with van der Waals surface area (Å²) in [7, 11) is 3.48. The molecule has 0 fully saturated rings. The average molecular weight is 423 g/mol. The highest BCUT2D eigenvalue weighted by atomic mass is 35.5. The van der Waals surface area contributed by atoms with E-state index in [2.05, 4.69) is 5.32 Å². The van der Waals surface area contributed by atoms with Gasteiger partial charge in [-0.3, -0.25) is 9.59 Å². The lowest BCUT2D eigenvalue weighted by Gasteiger charge is -2.11. The topological polar surface area (TPSA) is 58.6 Å². The molecule has 2 rings (SSSR count). The van der Waals surface area contributed by atoms with E-state index in [1.807, 2.05) is 24.3 Å². The van der Waals surface area contributed by atoms with Crippen molar-refractivity contribution in [2.75, 3.05) is 26.0 Å². The van der Waals surface area contributed by atoms with Gasteiger partial charge in [-0.25, -0.2) is 0 Å². The Bertz CT molecular complexity index is 825. The summed E-state index contributed by atoms with van der Waals surface area (Å²) in [5.41, 5.74) is 1.73. The maximum atomic E-state index is 12.1. The van der Waals surface area contributed by atoms with Crippen molar-refractivity contribution in [2.24, 2.45) is 0 Å². The van der Waals surface area contributed by atoms with E-state index in [0.29, 0.717) is 48.1 Å². The van der Waals surface area contributed by atoms with Gasteiger partial charge in [0.25, 0.3) is 0 Å². The predicted octanol–water partition coefficient (Wildman–Crippen LogP) is 4.81. The molecule has 1 N–H and O–H groups in total. The Morgan fingerprint density at radius 2 is 1.86 bits per heavy atom. The van der Waals surface area contributed by atoms with Crippen LogP contribution in [0.5, 0.6) is 5.75 Å². The molecule has 0 radical (unpaired) electrons. The largest absolute Gasteiger partial charge is 0.492 e. The van der Waals surface area contributed by atoms with Gasteiger partial charge in [-0.2, -0.15) is 0 Å². The molecule has 0 bridgehead atoms. The zero-order valence-electron chi connectivity index (χ0n) is 16.0. The first-order valence-electron chi connectivity index (χ1n) is 9.02. The lowest BCUT2D eigenvalue weighted by Crippen LogP contribution is -2.21. The van der Waals surface area contributed by atoms with Crippen LogP contribution in [0.1, 0.15) is 24.8 Å². The van der Waals surface area contributed by atoms with Crippen molar-refractivity contribution < 1.29 is 14.3 Å². The number of hydrogen-bond donors (Lipinski definition) is 1. The van der Waals surface area contributed by atoms with Crippen molar-refractivity contribution in [3.8, 4) is 5.75 Å². The second-order valence-electron chi connectivity index (χ2n) is 6.56. The number of aryl methyl sites for hydroxylation is 1. The predicted molar refractivity (Wildman–Crippen MR) is 113 cm³/mol. The number of amides is 2. The van der Waals surface area contributed by atoms with Crippen molar-refractivity contribution >= 4 is 40.7 Å². The van der Waals surface area contributed by atoms with Crippen LogP contribution in [0, 0.1) is 0 Å². The summed E-state index contributed by atoms with van der Waals surface area (Å²) in [6, 6.07) is 12.6. The first-order chi connectivity index (χ1) is 13.3. The van der Waals surface area contributed by atoms with Crippen LogP contribution in [0.2, 0.25) is 10.0 Å². The van der Waals surface area contributed by atoms with Crippen LogP contribution >= 0.6 is 23.2 Å². The zero-order chi connectivity index (χ0) is 20.5. The lowest BCUT2D eigenvalue weighted by atomic mass is 10.1. The van der Waals surface area contributed by atoms with Gasteiger partial charge in [-0.05, 0) is 48.7 Å². The molecule has 0 spiro atoms. The van der Waals surface area contributed by atoms with E-state index in [1.54, 1.807) is 37.2 Å². The van der Waals surface area contributed by atoms with Gasteiger partial charge in [0, 0.05) is 37.6 Å². The number of halogens is 2. The van der Waals surface area contributed by atoms with E-state index in [9.17, 15) is 9.59 Å². The molecule has 2 amide bonds. The van der Waals surface area contributed by atoms with Gasteiger partial charge in [0.15, 0.2) is 0 Å². The molecule has 0 aliphatic carbocycles. The molecule has 0 heterocycles. The molecular formula is C21H24Cl2N2O3. The Labute approximate surface area is 175 Å². The van der Waals surface area contributed by atoms with Gasteiger partial charge in [-0.15, -0.1) is 0 Å². The second kappa shape index (κ2) is 10.9. The Balaban J connectivity index is 1.75. The number of hydrogen-bond acceptors (Lipinski definition) is 3. The first-order valence-corrected chi connectivity index (χ1v) is 9.77. The van der Waals surface area contributed by atoms with Crippen LogP contribution in [0.15, 0.2) is 42.5 Å². The molecule has 5 nitrogen and oxygen atoms in total. The van der Waals surface area contributed by atoms with Gasteiger partial charge >= 0.3 is 0 Å². The molecule has 0 aliphatic heterocycles. The van der Waals surface area contributed by atoms with Gasteiger partial charge < -0.3 is 15.0 Å². The van der Waals surface area contributed by atoms with Gasteiger partial charge in [-0.1, -0.05) is 35.3 Å². The highest BCUT2D eigenvalue weighted by Crippen LogP contribution is 2.27. The fraction of sp³-hybridized carbons (Fsp3) is 0.333. The summed E-state index contributed by atoms with van der Waals surface area (Å²) in [5, 5.41) is 3.87. The van der Waals surface area contributed by atoms with E-state index in [1.165, 1.54) is 0 Å². The number of ether oxygens (including phenoxy) is 1. The zero-order valence-corrected chi connectivity index (χ0v) is 17.5. The van der Waals surface area contributed by atoms with Crippen LogP contribution in [0.25, 0.3) is 0 Å². The standard InChI is InChI=1S/C21H24Cl2N2O3/c1-25(2)21(27)11-8-15-5-3-6-17(13-15)24-20(26)7-4-12-28-19-10-9-16(22)14-18(19)23/h3,5-6,9-10,13-14H,4,7-8,11-12H2,1-2H3,(H,24,26). The molecule has 2 aromatic carbocycles. The van der Waals surface area contributed by atoms with Crippen LogP contribution in [0.4, 0.5) is 5.69 Å². The van der Waals surface area contributed by atoms with Crippen molar-refractivity contribution in [2.45, 2.75) is 25.7 Å². The van der Waals surface area contributed by atoms with Crippen molar-refractivity contribution in [3.05, 3.63) is 58.1 Å². The molecule has 0 atom stereocenters. The van der Waals surface area contributed by atoms with E-state index in [4.69, 9.17) is 27.9 Å². The number of benzene rings is 2. The minimum atomic E-state index is -0.0904. The van der Waals surface area contributed by atoms with Crippen LogP contribution < -0.4 is 10.1 Å². The molecular weight excluding hydrogens is 399 g/mol. The highest BCUT2D eigenvalue weighted by Gasteiger charge is 2.07. The third kappa shape index (κ3) is 7.41. The molecule has 0 saturated heterocycles. The average Bonchev–Trinajstić information content (AvgIpc) is 2.65. The number of carbonyl (C=O) groups is 2. The molecule has 0 aromatic heterocycles. The molecule has 2 aromatic rings. The van der Waals surface area contributed by atoms with Crippen molar-refractivity contribution in [3.63, 3.8) is 0 Å². The second-order valence-corrected chi connectivity index (χ2v) is 7.41. The van der Waals surface area contributed by atoms with E-state index >= 15 is 0 Å². The fourth-order valence-corrected chi connectivity index (χ4v) is 2.97. The molecule has 28 heavy (non-hydrogen) atoms.